The van der Waals surface area contributed by atoms with Gasteiger partial charge in [0.1, 0.15) is 0 Å². The molecule has 3 heteroatoms. The van der Waals surface area contributed by atoms with E-state index in [0.29, 0.717) is 12.5 Å². The molecule has 96 valence electrons. The SMILES string of the molecule is CCCNC(CO)(COC(C)(C)C)C1CC1. The van der Waals surface area contributed by atoms with E-state index >= 15 is 0 Å². The minimum absolute atomic E-state index is 0.136. The third kappa shape index (κ3) is 4.04. The van der Waals surface area contributed by atoms with Crippen LogP contribution in [0.4, 0.5) is 0 Å². The summed E-state index contributed by atoms with van der Waals surface area (Å²) in [5.74, 6) is 0.589. The van der Waals surface area contributed by atoms with Crippen molar-refractivity contribution >= 4 is 0 Å². The van der Waals surface area contributed by atoms with Gasteiger partial charge in [-0.15, -0.1) is 0 Å². The van der Waals surface area contributed by atoms with Crippen LogP contribution in [-0.4, -0.2) is 36.0 Å². The lowest BCUT2D eigenvalue weighted by molar-refractivity contribution is -0.0552. The first-order valence-corrected chi connectivity index (χ1v) is 6.43. The zero-order chi connectivity index (χ0) is 12.2. The molecule has 1 aliphatic rings. The first kappa shape index (κ1) is 13.9. The van der Waals surface area contributed by atoms with Crippen LogP contribution in [0.15, 0.2) is 0 Å². The van der Waals surface area contributed by atoms with Crippen LogP contribution in [0, 0.1) is 5.92 Å². The first-order valence-electron chi connectivity index (χ1n) is 6.43. The van der Waals surface area contributed by atoms with Gasteiger partial charge in [-0.05, 0) is 52.5 Å². The maximum absolute atomic E-state index is 9.67. The summed E-state index contributed by atoms with van der Waals surface area (Å²) in [6.45, 7) is 10.0. The lowest BCUT2D eigenvalue weighted by Gasteiger charge is -2.36. The van der Waals surface area contributed by atoms with Crippen molar-refractivity contribution in [3.8, 4) is 0 Å². The van der Waals surface area contributed by atoms with Gasteiger partial charge in [0.05, 0.1) is 24.4 Å². The highest BCUT2D eigenvalue weighted by atomic mass is 16.5. The van der Waals surface area contributed by atoms with Crippen LogP contribution in [0.2, 0.25) is 0 Å². The summed E-state index contributed by atoms with van der Waals surface area (Å²) in [6, 6.07) is 0. The van der Waals surface area contributed by atoms with E-state index in [1.807, 2.05) is 0 Å². The number of ether oxygens (including phenoxy) is 1. The van der Waals surface area contributed by atoms with Gasteiger partial charge in [-0.2, -0.15) is 0 Å². The fourth-order valence-corrected chi connectivity index (χ4v) is 1.90. The third-order valence-corrected chi connectivity index (χ3v) is 3.13. The van der Waals surface area contributed by atoms with Crippen molar-refractivity contribution in [2.24, 2.45) is 5.92 Å². The molecule has 0 radical (unpaired) electrons. The molecule has 0 aromatic heterocycles. The van der Waals surface area contributed by atoms with E-state index in [2.05, 4.69) is 33.0 Å². The zero-order valence-corrected chi connectivity index (χ0v) is 11.2. The molecule has 1 rings (SSSR count). The summed E-state index contributed by atoms with van der Waals surface area (Å²) in [6.07, 6.45) is 3.51. The normalized spacial score (nSPS) is 20.8. The van der Waals surface area contributed by atoms with E-state index in [1.165, 1.54) is 12.8 Å². The predicted octanol–water partition coefficient (Wildman–Crippen LogP) is 1.94. The number of aliphatic hydroxyl groups is 1. The molecule has 1 atom stereocenters. The van der Waals surface area contributed by atoms with Crippen LogP contribution < -0.4 is 5.32 Å². The van der Waals surface area contributed by atoms with Crippen LogP contribution in [0.1, 0.15) is 47.0 Å². The zero-order valence-electron chi connectivity index (χ0n) is 11.2. The van der Waals surface area contributed by atoms with Crippen LogP contribution in [0.25, 0.3) is 0 Å². The Morgan fingerprint density at radius 1 is 1.31 bits per heavy atom. The highest BCUT2D eigenvalue weighted by Crippen LogP contribution is 2.40. The summed E-state index contributed by atoms with van der Waals surface area (Å²) in [7, 11) is 0. The Morgan fingerprint density at radius 2 is 1.94 bits per heavy atom. The molecule has 0 saturated heterocycles. The number of hydrogen-bond donors (Lipinski definition) is 2. The van der Waals surface area contributed by atoms with E-state index in [9.17, 15) is 5.11 Å². The van der Waals surface area contributed by atoms with Gasteiger partial charge in [0, 0.05) is 0 Å². The summed E-state index contributed by atoms with van der Waals surface area (Å²) >= 11 is 0. The molecular formula is C13H27NO2. The van der Waals surface area contributed by atoms with Gasteiger partial charge < -0.3 is 15.2 Å². The van der Waals surface area contributed by atoms with Crippen molar-refractivity contribution in [2.75, 3.05) is 19.8 Å². The standard InChI is InChI=1S/C13H27NO2/c1-5-8-14-13(9-15,11-6-7-11)10-16-12(2,3)4/h11,14-15H,5-10H2,1-4H3. The monoisotopic (exact) mass is 229 g/mol. The number of nitrogens with one attached hydrogen (secondary N) is 1. The lowest BCUT2D eigenvalue weighted by atomic mass is 9.94. The molecule has 0 aromatic rings. The summed E-state index contributed by atoms with van der Waals surface area (Å²) < 4.78 is 5.86. The molecule has 3 nitrogen and oxygen atoms in total. The molecule has 2 N–H and O–H groups in total. The number of rotatable bonds is 7. The Kier molecular flexibility index (Phi) is 4.77. The predicted molar refractivity (Wildman–Crippen MR) is 66.5 cm³/mol. The largest absolute Gasteiger partial charge is 0.394 e. The van der Waals surface area contributed by atoms with Crippen molar-refractivity contribution in [1.82, 2.24) is 5.32 Å². The highest BCUT2D eigenvalue weighted by molar-refractivity contribution is 5.01. The van der Waals surface area contributed by atoms with Crippen molar-refractivity contribution in [3.63, 3.8) is 0 Å². The summed E-state index contributed by atoms with van der Waals surface area (Å²) in [5, 5.41) is 13.2. The molecular weight excluding hydrogens is 202 g/mol. The molecule has 1 saturated carbocycles. The molecule has 0 aliphatic heterocycles. The molecule has 1 fully saturated rings. The molecule has 0 heterocycles. The lowest BCUT2D eigenvalue weighted by Crippen LogP contribution is -2.55. The second-order valence-corrected chi connectivity index (χ2v) is 5.92. The van der Waals surface area contributed by atoms with Crippen molar-refractivity contribution in [3.05, 3.63) is 0 Å². The molecule has 0 bridgehead atoms. The molecule has 0 spiro atoms. The van der Waals surface area contributed by atoms with Gasteiger partial charge in [-0.3, -0.25) is 0 Å². The molecule has 16 heavy (non-hydrogen) atoms. The Balaban J connectivity index is 2.54. The van der Waals surface area contributed by atoms with E-state index in [0.717, 1.165) is 13.0 Å². The Labute approximate surface area is 99.6 Å². The van der Waals surface area contributed by atoms with Gasteiger partial charge >= 0.3 is 0 Å². The topological polar surface area (TPSA) is 41.5 Å². The van der Waals surface area contributed by atoms with Crippen LogP contribution in [-0.2, 0) is 4.74 Å². The maximum atomic E-state index is 9.67. The van der Waals surface area contributed by atoms with Crippen molar-refractivity contribution in [1.29, 1.82) is 0 Å². The van der Waals surface area contributed by atoms with Crippen LogP contribution in [0.3, 0.4) is 0 Å². The van der Waals surface area contributed by atoms with Crippen LogP contribution >= 0.6 is 0 Å². The average Bonchev–Trinajstić information content (AvgIpc) is 3.02. The van der Waals surface area contributed by atoms with Crippen LogP contribution in [0.5, 0.6) is 0 Å². The quantitative estimate of drug-likeness (QED) is 0.701. The third-order valence-electron chi connectivity index (χ3n) is 3.13. The van der Waals surface area contributed by atoms with Gasteiger partial charge in [-0.1, -0.05) is 6.92 Å². The van der Waals surface area contributed by atoms with Crippen molar-refractivity contribution in [2.45, 2.75) is 58.1 Å². The van der Waals surface area contributed by atoms with E-state index in [4.69, 9.17) is 4.74 Å². The molecule has 1 aliphatic carbocycles. The second kappa shape index (κ2) is 5.48. The Hall–Kier alpha value is -0.120. The molecule has 0 amide bonds. The summed E-state index contributed by atoms with van der Waals surface area (Å²) in [4.78, 5) is 0. The molecule has 0 aromatic carbocycles. The van der Waals surface area contributed by atoms with E-state index < -0.39 is 0 Å². The first-order chi connectivity index (χ1) is 7.43. The van der Waals surface area contributed by atoms with E-state index in [-0.39, 0.29) is 17.7 Å². The fourth-order valence-electron chi connectivity index (χ4n) is 1.90. The second-order valence-electron chi connectivity index (χ2n) is 5.92. The highest BCUT2D eigenvalue weighted by Gasteiger charge is 2.45. The maximum Gasteiger partial charge on any atom is 0.0680 e. The van der Waals surface area contributed by atoms with Gasteiger partial charge in [0.15, 0.2) is 0 Å². The minimum atomic E-state index is -0.205. The number of aliphatic hydroxyl groups excluding tert-OH is 1. The van der Waals surface area contributed by atoms with Gasteiger partial charge in [-0.25, -0.2) is 0 Å². The van der Waals surface area contributed by atoms with Gasteiger partial charge in [0.2, 0.25) is 0 Å². The average molecular weight is 229 g/mol. The van der Waals surface area contributed by atoms with E-state index in [1.54, 1.807) is 0 Å². The fraction of sp³-hybridized carbons (Fsp3) is 1.00. The van der Waals surface area contributed by atoms with Crippen molar-refractivity contribution < 1.29 is 9.84 Å². The molecule has 1 unspecified atom stereocenters. The number of hydrogen-bond acceptors (Lipinski definition) is 3. The smallest absolute Gasteiger partial charge is 0.0680 e. The Morgan fingerprint density at radius 3 is 2.31 bits per heavy atom. The van der Waals surface area contributed by atoms with Gasteiger partial charge in [0.25, 0.3) is 0 Å². The summed E-state index contributed by atoms with van der Waals surface area (Å²) in [5.41, 5.74) is -0.341. The minimum Gasteiger partial charge on any atom is -0.394 e. The Bertz CT molecular complexity index is 208.